The lowest BCUT2D eigenvalue weighted by Crippen LogP contribution is -2.53. The molecule has 4 heterocycles. The maximum absolute atomic E-state index is 13.2. The number of β-amino-alcohol motifs (C(OH)–C–C–N with tert-alkyl or cyclic N) is 1. The highest BCUT2D eigenvalue weighted by Crippen LogP contribution is 2.28. The molecule has 4 saturated heterocycles. The molecule has 0 saturated carbocycles. The monoisotopic (exact) mass is 804 g/mol. The molecule has 0 radical (unpaired) electrons. The number of urea groups is 2. The number of likely N-dealkylation sites (tertiary alicyclic amines) is 4. The number of nitrogens with zero attached hydrogens (tertiary/aromatic N) is 4. The van der Waals surface area contributed by atoms with Gasteiger partial charge in [0.15, 0.2) is 11.6 Å². The van der Waals surface area contributed by atoms with Gasteiger partial charge in [-0.15, -0.1) is 0 Å². The number of aliphatic hydroxyl groups excluding tert-OH is 1. The van der Waals surface area contributed by atoms with Crippen LogP contribution < -0.4 is 16.0 Å². The minimum absolute atomic E-state index is 0.0316. The fourth-order valence-corrected chi connectivity index (χ4v) is 8.10. The van der Waals surface area contributed by atoms with E-state index in [2.05, 4.69) is 43.6 Å². The summed E-state index contributed by atoms with van der Waals surface area (Å²) in [6.45, 7) is 19.2. The van der Waals surface area contributed by atoms with Crippen LogP contribution in [0.15, 0.2) is 0 Å². The van der Waals surface area contributed by atoms with E-state index >= 15 is 0 Å². The summed E-state index contributed by atoms with van der Waals surface area (Å²) < 4.78 is 0. The SMILES string of the molecule is CC(C)CCNC(=O)CNC(=O)N1C[C@@H](O)CC1C(=O)[C@@H]1CCCN1C(=O)CC(C)C.CC(C)CCNC(=O)N1CCCC1C(=O)[C@@H]1CCCN1C(=O)CC(C)C. The quantitative estimate of drug-likeness (QED) is 0.182. The second kappa shape index (κ2) is 23.0. The van der Waals surface area contributed by atoms with E-state index in [0.29, 0.717) is 70.2 Å². The van der Waals surface area contributed by atoms with E-state index in [9.17, 15) is 38.7 Å². The molecule has 4 aliphatic rings. The molecule has 7 amide bonds. The molecule has 15 nitrogen and oxygen atoms in total. The average molecular weight is 804 g/mol. The molecule has 4 aliphatic heterocycles. The molecule has 15 heteroatoms. The average Bonchev–Trinajstić information content (AvgIpc) is 3.96. The Morgan fingerprint density at radius 1 is 0.544 bits per heavy atom. The first-order valence-corrected chi connectivity index (χ1v) is 21.6. The maximum Gasteiger partial charge on any atom is 0.318 e. The molecule has 0 aliphatic carbocycles. The molecule has 4 N–H and O–H groups in total. The van der Waals surface area contributed by atoms with Crippen LogP contribution in [-0.4, -0.2) is 142 Å². The first-order chi connectivity index (χ1) is 26.9. The number of rotatable bonds is 16. The molecular weight excluding hydrogens is 731 g/mol. The van der Waals surface area contributed by atoms with Crippen molar-refractivity contribution in [2.24, 2.45) is 23.7 Å². The van der Waals surface area contributed by atoms with Crippen molar-refractivity contribution >= 4 is 41.4 Å². The van der Waals surface area contributed by atoms with Gasteiger partial charge in [0.25, 0.3) is 0 Å². The van der Waals surface area contributed by atoms with Crippen LogP contribution in [0.3, 0.4) is 0 Å². The molecule has 324 valence electrons. The Morgan fingerprint density at radius 3 is 1.44 bits per heavy atom. The third-order valence-corrected chi connectivity index (χ3v) is 11.1. The Kier molecular flexibility index (Phi) is 19.2. The van der Waals surface area contributed by atoms with Crippen molar-refractivity contribution in [2.75, 3.05) is 45.8 Å². The second-order valence-corrected chi connectivity index (χ2v) is 18.0. The fourth-order valence-electron chi connectivity index (χ4n) is 8.10. The second-order valence-electron chi connectivity index (χ2n) is 18.0. The van der Waals surface area contributed by atoms with Crippen LogP contribution in [-0.2, 0) is 24.0 Å². The van der Waals surface area contributed by atoms with Crippen molar-refractivity contribution in [3.05, 3.63) is 0 Å². The van der Waals surface area contributed by atoms with Crippen molar-refractivity contribution in [3.8, 4) is 0 Å². The zero-order chi connectivity index (χ0) is 42.4. The van der Waals surface area contributed by atoms with E-state index in [1.54, 1.807) is 14.7 Å². The molecule has 5 atom stereocenters. The Bertz CT molecular complexity index is 1390. The van der Waals surface area contributed by atoms with Crippen LogP contribution in [0.25, 0.3) is 0 Å². The summed E-state index contributed by atoms with van der Waals surface area (Å²) in [6, 6.07) is -2.78. The van der Waals surface area contributed by atoms with E-state index in [-0.39, 0.29) is 78.7 Å². The number of carbonyl (C=O) groups is 7. The predicted octanol–water partition coefficient (Wildman–Crippen LogP) is 3.71. The number of hydrogen-bond donors (Lipinski definition) is 4. The lowest BCUT2D eigenvalue weighted by Gasteiger charge is -2.30. The summed E-state index contributed by atoms with van der Waals surface area (Å²) in [4.78, 5) is 94.9. The van der Waals surface area contributed by atoms with Crippen molar-refractivity contribution in [2.45, 2.75) is 156 Å². The van der Waals surface area contributed by atoms with Crippen molar-refractivity contribution < 1.29 is 38.7 Å². The highest BCUT2D eigenvalue weighted by atomic mass is 16.3. The summed E-state index contributed by atoms with van der Waals surface area (Å²) in [5.74, 6) is 1.07. The van der Waals surface area contributed by atoms with Crippen molar-refractivity contribution in [1.82, 2.24) is 35.6 Å². The first kappa shape index (κ1) is 47.6. The van der Waals surface area contributed by atoms with Gasteiger partial charge in [0.2, 0.25) is 17.7 Å². The number of ketones is 2. The Hall–Kier alpha value is -3.75. The summed E-state index contributed by atoms with van der Waals surface area (Å²) in [6.07, 6.45) is 6.45. The Balaban J connectivity index is 0.000000310. The standard InChI is InChI=1S/C22H38N4O5.C20H35N3O3/c1-14(2)7-8-23-19(28)12-24-22(31)26-13-16(27)11-18(26)21(30)17-6-5-9-25(17)20(29)10-15(3)4;1-14(2)9-10-21-20(26)23-12-6-8-17(23)19(25)16-7-5-11-22(16)18(24)13-15(3)4/h14-18,27H,5-13H2,1-4H3,(H,23,28)(H,24,31);14-17H,5-13H2,1-4H3,(H,21,26)/t16-,17-,18?;16-,17?/m00/s1. The first-order valence-electron chi connectivity index (χ1n) is 21.6. The van der Waals surface area contributed by atoms with Crippen molar-refractivity contribution in [3.63, 3.8) is 0 Å². The lowest BCUT2D eigenvalue weighted by atomic mass is 9.99. The van der Waals surface area contributed by atoms with Gasteiger partial charge in [-0.3, -0.25) is 24.0 Å². The molecule has 4 rings (SSSR count). The molecule has 0 spiro atoms. The van der Waals surface area contributed by atoms with Gasteiger partial charge in [-0.05, 0) is 75.0 Å². The Labute approximate surface area is 340 Å². The van der Waals surface area contributed by atoms with Crippen LogP contribution in [0, 0.1) is 23.7 Å². The van der Waals surface area contributed by atoms with Gasteiger partial charge >= 0.3 is 12.1 Å². The molecular formula is C42H73N7O8. The van der Waals surface area contributed by atoms with Gasteiger partial charge in [0.1, 0.15) is 0 Å². The zero-order valence-corrected chi connectivity index (χ0v) is 36.0. The zero-order valence-electron chi connectivity index (χ0n) is 36.0. The van der Waals surface area contributed by atoms with Gasteiger partial charge in [0, 0.05) is 58.5 Å². The molecule has 0 aromatic carbocycles. The molecule has 4 fully saturated rings. The van der Waals surface area contributed by atoms with E-state index in [0.717, 1.165) is 38.5 Å². The number of Topliss-reactive ketones (excluding diaryl/α,β-unsaturated/α-hetero) is 2. The summed E-state index contributed by atoms with van der Waals surface area (Å²) in [5.41, 5.74) is 0. The molecule has 2 unspecified atom stereocenters. The molecule has 57 heavy (non-hydrogen) atoms. The third-order valence-electron chi connectivity index (χ3n) is 11.1. The van der Waals surface area contributed by atoms with Crippen LogP contribution in [0.4, 0.5) is 9.59 Å². The topological polar surface area (TPSA) is 189 Å². The third kappa shape index (κ3) is 14.5. The van der Waals surface area contributed by atoms with Gasteiger partial charge < -0.3 is 40.7 Å². The minimum Gasteiger partial charge on any atom is -0.391 e. The summed E-state index contributed by atoms with van der Waals surface area (Å²) in [7, 11) is 0. The Morgan fingerprint density at radius 2 is 0.965 bits per heavy atom. The number of hydrogen-bond acceptors (Lipinski definition) is 8. The number of aliphatic hydroxyl groups is 1. The van der Waals surface area contributed by atoms with Gasteiger partial charge in [-0.2, -0.15) is 0 Å². The van der Waals surface area contributed by atoms with Crippen LogP contribution in [0.1, 0.15) is 126 Å². The summed E-state index contributed by atoms with van der Waals surface area (Å²) >= 11 is 0. The molecule has 0 aromatic rings. The normalized spacial score (nSPS) is 23.4. The van der Waals surface area contributed by atoms with E-state index < -0.39 is 24.2 Å². The van der Waals surface area contributed by atoms with E-state index in [1.165, 1.54) is 4.90 Å². The van der Waals surface area contributed by atoms with Crippen molar-refractivity contribution in [1.29, 1.82) is 0 Å². The smallest absolute Gasteiger partial charge is 0.318 e. The minimum atomic E-state index is -0.805. The van der Waals surface area contributed by atoms with Gasteiger partial charge in [0.05, 0.1) is 36.8 Å². The molecule has 0 bridgehead atoms. The number of amides is 7. The van der Waals surface area contributed by atoms with E-state index in [4.69, 9.17) is 0 Å². The number of nitrogens with one attached hydrogen (secondary N) is 3. The van der Waals surface area contributed by atoms with Crippen LogP contribution >= 0.6 is 0 Å². The maximum atomic E-state index is 13.2. The van der Waals surface area contributed by atoms with Crippen LogP contribution in [0.5, 0.6) is 0 Å². The largest absolute Gasteiger partial charge is 0.391 e. The predicted molar refractivity (Wildman–Crippen MR) is 218 cm³/mol. The fraction of sp³-hybridized carbons (Fsp3) is 0.833. The van der Waals surface area contributed by atoms with Gasteiger partial charge in [-0.1, -0.05) is 55.4 Å². The highest BCUT2D eigenvalue weighted by Gasteiger charge is 2.45. The van der Waals surface area contributed by atoms with Gasteiger partial charge in [-0.25, -0.2) is 9.59 Å². The van der Waals surface area contributed by atoms with Crippen LogP contribution in [0.2, 0.25) is 0 Å². The lowest BCUT2D eigenvalue weighted by molar-refractivity contribution is -0.139. The molecule has 0 aromatic heterocycles. The van der Waals surface area contributed by atoms with E-state index in [1.807, 2.05) is 27.7 Å². The summed E-state index contributed by atoms with van der Waals surface area (Å²) in [5, 5.41) is 18.4. The number of carbonyl (C=O) groups excluding carboxylic acids is 7. The highest BCUT2D eigenvalue weighted by molar-refractivity contribution is 5.97.